The Morgan fingerprint density at radius 3 is 2.46 bits per heavy atom. The molecule has 0 aromatic heterocycles. The van der Waals surface area contributed by atoms with Crippen LogP contribution in [0.5, 0.6) is 0 Å². The number of rotatable bonds is 5. The van der Waals surface area contributed by atoms with Crippen molar-refractivity contribution in [3.8, 4) is 0 Å². The molecule has 0 fully saturated rings. The minimum absolute atomic E-state index is 0.245. The van der Waals surface area contributed by atoms with E-state index in [2.05, 4.69) is 15.8 Å². The Balaban J connectivity index is 1.86. The van der Waals surface area contributed by atoms with Gasteiger partial charge in [0, 0.05) is 5.56 Å². The van der Waals surface area contributed by atoms with Gasteiger partial charge < -0.3 is 5.32 Å². The van der Waals surface area contributed by atoms with Crippen molar-refractivity contribution in [1.82, 2.24) is 10.7 Å². The van der Waals surface area contributed by atoms with Crippen LogP contribution in [0.2, 0.25) is 15.1 Å². The number of hydrogen-bond donors (Lipinski definition) is 2. The second-order valence-corrected chi connectivity index (χ2v) is 5.79. The molecule has 0 radical (unpaired) electrons. The molecule has 0 heterocycles. The molecule has 0 aliphatic heterocycles. The van der Waals surface area contributed by atoms with E-state index in [9.17, 15) is 9.59 Å². The molecule has 0 bridgehead atoms. The maximum atomic E-state index is 11.9. The van der Waals surface area contributed by atoms with E-state index in [0.717, 1.165) is 0 Å². The molecule has 0 saturated heterocycles. The van der Waals surface area contributed by atoms with E-state index in [1.807, 2.05) is 0 Å². The van der Waals surface area contributed by atoms with Gasteiger partial charge in [-0.1, -0.05) is 59.1 Å². The van der Waals surface area contributed by atoms with E-state index in [1.54, 1.807) is 42.5 Å². The van der Waals surface area contributed by atoms with Crippen LogP contribution in [0.1, 0.15) is 15.9 Å². The lowest BCUT2D eigenvalue weighted by molar-refractivity contribution is -0.120. The van der Waals surface area contributed by atoms with Crippen LogP contribution >= 0.6 is 34.8 Å². The summed E-state index contributed by atoms with van der Waals surface area (Å²) in [6.45, 7) is -0.245. The highest BCUT2D eigenvalue weighted by Gasteiger charge is 2.10. The van der Waals surface area contributed by atoms with Crippen LogP contribution in [0.25, 0.3) is 0 Å². The van der Waals surface area contributed by atoms with Crippen molar-refractivity contribution in [2.75, 3.05) is 6.54 Å². The highest BCUT2D eigenvalue weighted by molar-refractivity contribution is 6.43. The molecule has 0 aliphatic rings. The predicted octanol–water partition coefficient (Wildman–Crippen LogP) is 3.53. The lowest BCUT2D eigenvalue weighted by Gasteiger charge is -2.05. The van der Waals surface area contributed by atoms with Crippen LogP contribution in [0.3, 0.4) is 0 Å². The molecule has 2 rings (SSSR count). The lowest BCUT2D eigenvalue weighted by atomic mass is 10.2. The Hall–Kier alpha value is -2.08. The first-order valence-corrected chi connectivity index (χ1v) is 7.91. The zero-order valence-corrected chi connectivity index (χ0v) is 14.5. The molecule has 0 atom stereocenters. The monoisotopic (exact) mass is 383 g/mol. The Morgan fingerprint density at radius 1 is 1.00 bits per heavy atom. The van der Waals surface area contributed by atoms with Gasteiger partial charge in [0.2, 0.25) is 0 Å². The van der Waals surface area contributed by atoms with Crippen LogP contribution in [-0.4, -0.2) is 24.6 Å². The molecule has 124 valence electrons. The number of benzene rings is 2. The molecule has 2 aromatic rings. The van der Waals surface area contributed by atoms with Crippen LogP contribution in [0.15, 0.2) is 47.6 Å². The minimum Gasteiger partial charge on any atom is -0.343 e. The lowest BCUT2D eigenvalue weighted by Crippen LogP contribution is -2.35. The Bertz CT molecular complexity index is 794. The zero-order chi connectivity index (χ0) is 17.5. The molecule has 0 saturated carbocycles. The van der Waals surface area contributed by atoms with Gasteiger partial charge in [-0.3, -0.25) is 9.59 Å². The van der Waals surface area contributed by atoms with E-state index in [0.29, 0.717) is 26.2 Å². The Kier molecular flexibility index (Phi) is 6.61. The number of nitrogens with zero attached hydrogens (tertiary/aromatic N) is 1. The third-order valence-electron chi connectivity index (χ3n) is 2.90. The Labute approximate surface area is 153 Å². The molecular formula is C16H12Cl3N3O2. The van der Waals surface area contributed by atoms with Gasteiger partial charge in [-0.2, -0.15) is 5.10 Å². The van der Waals surface area contributed by atoms with Gasteiger partial charge in [0.25, 0.3) is 11.8 Å². The van der Waals surface area contributed by atoms with Crippen LogP contribution in [-0.2, 0) is 4.79 Å². The van der Waals surface area contributed by atoms with Gasteiger partial charge in [-0.25, -0.2) is 5.43 Å². The molecule has 0 aliphatic carbocycles. The van der Waals surface area contributed by atoms with E-state index < -0.39 is 11.8 Å². The Morgan fingerprint density at radius 2 is 1.71 bits per heavy atom. The van der Waals surface area contributed by atoms with Crippen molar-refractivity contribution in [1.29, 1.82) is 0 Å². The van der Waals surface area contributed by atoms with E-state index in [1.165, 1.54) is 6.21 Å². The summed E-state index contributed by atoms with van der Waals surface area (Å²) < 4.78 is 0. The molecule has 2 aromatic carbocycles. The third kappa shape index (κ3) is 4.96. The topological polar surface area (TPSA) is 70.6 Å². The number of nitrogens with one attached hydrogen (secondary N) is 2. The normalized spacial score (nSPS) is 10.6. The molecule has 8 heteroatoms. The van der Waals surface area contributed by atoms with Crippen molar-refractivity contribution >= 4 is 52.8 Å². The van der Waals surface area contributed by atoms with E-state index in [-0.39, 0.29) is 6.54 Å². The molecule has 24 heavy (non-hydrogen) atoms. The number of carbonyl (C=O) groups is 2. The summed E-state index contributed by atoms with van der Waals surface area (Å²) in [5.74, 6) is -0.942. The maximum absolute atomic E-state index is 11.9. The van der Waals surface area contributed by atoms with Crippen LogP contribution < -0.4 is 10.7 Å². The number of halogens is 3. The summed E-state index contributed by atoms with van der Waals surface area (Å²) in [5.41, 5.74) is 3.13. The predicted molar refractivity (Wildman–Crippen MR) is 96.0 cm³/mol. The van der Waals surface area contributed by atoms with Gasteiger partial charge >= 0.3 is 0 Å². The molecule has 0 unspecified atom stereocenters. The highest BCUT2D eigenvalue weighted by atomic mass is 35.5. The van der Waals surface area contributed by atoms with Crippen LogP contribution in [0.4, 0.5) is 0 Å². The first kappa shape index (κ1) is 18.3. The van der Waals surface area contributed by atoms with E-state index in [4.69, 9.17) is 34.8 Å². The average molecular weight is 385 g/mol. The molecule has 5 nitrogen and oxygen atoms in total. The zero-order valence-electron chi connectivity index (χ0n) is 12.2. The van der Waals surface area contributed by atoms with Crippen molar-refractivity contribution in [3.05, 3.63) is 68.7 Å². The van der Waals surface area contributed by atoms with Crippen molar-refractivity contribution in [3.63, 3.8) is 0 Å². The fraction of sp³-hybridized carbons (Fsp3) is 0.0625. The van der Waals surface area contributed by atoms with Crippen LogP contribution in [0, 0.1) is 0 Å². The molecule has 2 N–H and O–H groups in total. The summed E-state index contributed by atoms with van der Waals surface area (Å²) in [6.07, 6.45) is 1.36. The maximum Gasteiger partial charge on any atom is 0.259 e. The third-order valence-corrected chi connectivity index (χ3v) is 4.07. The molecular weight excluding hydrogens is 373 g/mol. The quantitative estimate of drug-likeness (QED) is 0.611. The van der Waals surface area contributed by atoms with Gasteiger partial charge in [0.1, 0.15) is 0 Å². The van der Waals surface area contributed by atoms with Crippen molar-refractivity contribution < 1.29 is 9.59 Å². The second kappa shape index (κ2) is 8.68. The first-order chi connectivity index (χ1) is 11.5. The van der Waals surface area contributed by atoms with E-state index >= 15 is 0 Å². The standard InChI is InChI=1S/C16H12Cl3N3O2/c17-12-6-2-1-5-11(12)16(24)20-9-14(23)22-21-8-10-4-3-7-13(18)15(10)19/h1-8H,9H2,(H,20,24)(H,22,23)/b21-8-. The summed E-state index contributed by atoms with van der Waals surface area (Å²) in [5, 5.41) is 7.25. The summed E-state index contributed by atoms with van der Waals surface area (Å²) in [7, 11) is 0. The molecule has 0 spiro atoms. The first-order valence-electron chi connectivity index (χ1n) is 6.77. The van der Waals surface area contributed by atoms with Gasteiger partial charge in [0.05, 0.1) is 33.4 Å². The fourth-order valence-corrected chi connectivity index (χ4v) is 2.31. The van der Waals surface area contributed by atoms with Crippen molar-refractivity contribution in [2.24, 2.45) is 5.10 Å². The number of carbonyl (C=O) groups excluding carboxylic acids is 2. The number of hydrazone groups is 1. The minimum atomic E-state index is -0.496. The smallest absolute Gasteiger partial charge is 0.259 e. The average Bonchev–Trinajstić information content (AvgIpc) is 2.57. The largest absolute Gasteiger partial charge is 0.343 e. The summed E-state index contributed by atoms with van der Waals surface area (Å²) in [4.78, 5) is 23.6. The van der Waals surface area contributed by atoms with Gasteiger partial charge in [-0.15, -0.1) is 0 Å². The second-order valence-electron chi connectivity index (χ2n) is 4.60. The summed E-state index contributed by atoms with van der Waals surface area (Å²) in [6, 6.07) is 11.6. The van der Waals surface area contributed by atoms with Gasteiger partial charge in [-0.05, 0) is 18.2 Å². The summed E-state index contributed by atoms with van der Waals surface area (Å²) >= 11 is 17.8. The fourth-order valence-electron chi connectivity index (χ4n) is 1.73. The van der Waals surface area contributed by atoms with Crippen molar-refractivity contribution in [2.45, 2.75) is 0 Å². The number of hydrogen-bond acceptors (Lipinski definition) is 3. The number of amides is 2. The highest BCUT2D eigenvalue weighted by Crippen LogP contribution is 2.24. The SMILES string of the molecule is O=C(CNC(=O)c1ccccc1Cl)N/N=C\c1cccc(Cl)c1Cl. The molecule has 2 amide bonds. The van der Waals surface area contributed by atoms with Gasteiger partial charge in [0.15, 0.2) is 0 Å².